The summed E-state index contributed by atoms with van der Waals surface area (Å²) in [7, 11) is 2.07. The molecule has 96 valence electrons. The minimum Gasteiger partial charge on any atom is -0.317 e. The summed E-state index contributed by atoms with van der Waals surface area (Å²) in [5.41, 5.74) is 0. The zero-order valence-corrected chi connectivity index (χ0v) is 11.8. The Morgan fingerprint density at radius 2 is 1.81 bits per heavy atom. The Bertz CT molecular complexity index is 178. The average Bonchev–Trinajstić information content (AvgIpc) is 2.73. The van der Waals surface area contributed by atoms with E-state index in [0.717, 1.165) is 17.8 Å². The summed E-state index contributed by atoms with van der Waals surface area (Å²) >= 11 is 0. The minimum atomic E-state index is 0.688. The third kappa shape index (κ3) is 4.45. The molecule has 0 spiro atoms. The van der Waals surface area contributed by atoms with E-state index in [1.54, 1.807) is 0 Å². The van der Waals surface area contributed by atoms with Gasteiger partial charge in [-0.1, -0.05) is 39.5 Å². The van der Waals surface area contributed by atoms with Crippen molar-refractivity contribution in [2.24, 2.45) is 17.8 Å². The molecule has 1 aliphatic carbocycles. The molecule has 1 saturated carbocycles. The zero-order valence-electron chi connectivity index (χ0n) is 11.8. The summed E-state index contributed by atoms with van der Waals surface area (Å²) in [5.74, 6) is 3.02. The lowest BCUT2D eigenvalue weighted by Gasteiger charge is -2.22. The van der Waals surface area contributed by atoms with Crippen LogP contribution in [0.1, 0.15) is 65.7 Å². The number of hydrogen-bond acceptors (Lipinski definition) is 1. The van der Waals surface area contributed by atoms with Gasteiger partial charge in [-0.25, -0.2) is 0 Å². The molecule has 1 rings (SSSR count). The van der Waals surface area contributed by atoms with Crippen molar-refractivity contribution in [2.45, 2.75) is 71.8 Å². The van der Waals surface area contributed by atoms with Gasteiger partial charge in [0.2, 0.25) is 0 Å². The van der Waals surface area contributed by atoms with E-state index >= 15 is 0 Å². The topological polar surface area (TPSA) is 12.0 Å². The Balaban J connectivity index is 2.20. The van der Waals surface area contributed by atoms with Gasteiger partial charge in [-0.05, 0) is 51.0 Å². The molecule has 1 aliphatic rings. The molecule has 0 aromatic heterocycles. The van der Waals surface area contributed by atoms with Crippen LogP contribution in [0.3, 0.4) is 0 Å². The largest absolute Gasteiger partial charge is 0.317 e. The molecule has 0 aromatic carbocycles. The van der Waals surface area contributed by atoms with Crippen molar-refractivity contribution in [3.8, 4) is 0 Å². The van der Waals surface area contributed by atoms with Crippen LogP contribution in [-0.2, 0) is 0 Å². The van der Waals surface area contributed by atoms with Crippen LogP contribution in [0.5, 0.6) is 0 Å². The minimum absolute atomic E-state index is 0.688. The molecule has 0 heterocycles. The SMILES string of the molecule is CCC1CCCC1CC(C)CC[C@H](C)NC. The number of rotatable bonds is 7. The van der Waals surface area contributed by atoms with Gasteiger partial charge in [0.05, 0.1) is 0 Å². The first-order chi connectivity index (χ1) is 7.67. The van der Waals surface area contributed by atoms with Crippen LogP contribution in [0.4, 0.5) is 0 Å². The third-order valence-electron chi connectivity index (χ3n) is 4.63. The lowest BCUT2D eigenvalue weighted by atomic mass is 9.84. The fraction of sp³-hybridized carbons (Fsp3) is 1.00. The normalized spacial score (nSPS) is 29.2. The summed E-state index contributed by atoms with van der Waals surface area (Å²) in [6.45, 7) is 7.11. The Morgan fingerprint density at radius 1 is 1.12 bits per heavy atom. The summed E-state index contributed by atoms with van der Waals surface area (Å²) < 4.78 is 0. The lowest BCUT2D eigenvalue weighted by molar-refractivity contribution is 0.290. The summed E-state index contributed by atoms with van der Waals surface area (Å²) in [6.07, 6.45) is 10.1. The van der Waals surface area contributed by atoms with E-state index in [2.05, 4.69) is 33.1 Å². The van der Waals surface area contributed by atoms with Gasteiger partial charge >= 0.3 is 0 Å². The summed E-state index contributed by atoms with van der Waals surface area (Å²) in [5, 5.41) is 3.33. The predicted molar refractivity (Wildman–Crippen MR) is 72.7 cm³/mol. The van der Waals surface area contributed by atoms with Gasteiger partial charge in [-0.15, -0.1) is 0 Å². The van der Waals surface area contributed by atoms with Crippen LogP contribution in [0.15, 0.2) is 0 Å². The van der Waals surface area contributed by atoms with Crippen molar-refractivity contribution in [1.29, 1.82) is 0 Å². The molecule has 0 aromatic rings. The van der Waals surface area contributed by atoms with Crippen molar-refractivity contribution in [3.63, 3.8) is 0 Å². The first-order valence-electron chi connectivity index (χ1n) is 7.34. The maximum Gasteiger partial charge on any atom is 0.00358 e. The standard InChI is InChI=1S/C15H31N/c1-5-14-7-6-8-15(14)11-12(2)9-10-13(3)16-4/h12-16H,5-11H2,1-4H3/t12?,13-,14?,15?/m0/s1. The van der Waals surface area contributed by atoms with Crippen LogP contribution in [0.25, 0.3) is 0 Å². The second-order valence-electron chi connectivity index (χ2n) is 5.97. The first-order valence-corrected chi connectivity index (χ1v) is 7.34. The van der Waals surface area contributed by atoms with E-state index in [9.17, 15) is 0 Å². The summed E-state index contributed by atoms with van der Waals surface area (Å²) in [4.78, 5) is 0. The Hall–Kier alpha value is -0.0400. The molecular formula is C15H31N. The Kier molecular flexibility index (Phi) is 6.41. The molecule has 0 amide bonds. The second kappa shape index (κ2) is 7.32. The first kappa shape index (κ1) is 14.0. The van der Waals surface area contributed by atoms with Gasteiger partial charge in [0, 0.05) is 6.04 Å². The molecule has 0 saturated heterocycles. The van der Waals surface area contributed by atoms with E-state index in [0.29, 0.717) is 6.04 Å². The van der Waals surface area contributed by atoms with Crippen LogP contribution < -0.4 is 5.32 Å². The smallest absolute Gasteiger partial charge is 0.00358 e. The maximum atomic E-state index is 3.33. The van der Waals surface area contributed by atoms with Gasteiger partial charge in [0.15, 0.2) is 0 Å². The van der Waals surface area contributed by atoms with E-state index < -0.39 is 0 Å². The molecule has 1 heteroatoms. The van der Waals surface area contributed by atoms with Crippen molar-refractivity contribution in [2.75, 3.05) is 7.05 Å². The van der Waals surface area contributed by atoms with Gasteiger partial charge in [-0.2, -0.15) is 0 Å². The quantitative estimate of drug-likeness (QED) is 0.684. The second-order valence-corrected chi connectivity index (χ2v) is 5.97. The van der Waals surface area contributed by atoms with Crippen LogP contribution in [0.2, 0.25) is 0 Å². The maximum absolute atomic E-state index is 3.33. The van der Waals surface area contributed by atoms with Crippen LogP contribution >= 0.6 is 0 Å². The molecular weight excluding hydrogens is 194 g/mol. The van der Waals surface area contributed by atoms with Gasteiger partial charge < -0.3 is 5.32 Å². The molecule has 3 unspecified atom stereocenters. The zero-order chi connectivity index (χ0) is 12.0. The van der Waals surface area contributed by atoms with E-state index in [4.69, 9.17) is 0 Å². The predicted octanol–water partition coefficient (Wildman–Crippen LogP) is 4.23. The molecule has 1 nitrogen and oxygen atoms in total. The van der Waals surface area contributed by atoms with Gasteiger partial charge in [0.25, 0.3) is 0 Å². The number of nitrogens with one attached hydrogen (secondary N) is 1. The Labute approximate surface area is 102 Å². The number of hydrogen-bond donors (Lipinski definition) is 1. The fourth-order valence-corrected chi connectivity index (χ4v) is 3.27. The monoisotopic (exact) mass is 225 g/mol. The van der Waals surface area contributed by atoms with Crippen molar-refractivity contribution in [3.05, 3.63) is 0 Å². The molecule has 4 atom stereocenters. The highest BCUT2D eigenvalue weighted by Crippen LogP contribution is 2.38. The Morgan fingerprint density at radius 3 is 2.44 bits per heavy atom. The highest BCUT2D eigenvalue weighted by molar-refractivity contribution is 4.78. The van der Waals surface area contributed by atoms with E-state index in [1.807, 2.05) is 0 Å². The summed E-state index contributed by atoms with van der Waals surface area (Å²) in [6, 6.07) is 0.688. The van der Waals surface area contributed by atoms with E-state index in [1.165, 1.54) is 44.9 Å². The molecule has 0 aliphatic heterocycles. The van der Waals surface area contributed by atoms with Crippen molar-refractivity contribution < 1.29 is 0 Å². The third-order valence-corrected chi connectivity index (χ3v) is 4.63. The fourth-order valence-electron chi connectivity index (χ4n) is 3.27. The molecule has 1 fully saturated rings. The van der Waals surface area contributed by atoms with E-state index in [-0.39, 0.29) is 0 Å². The lowest BCUT2D eigenvalue weighted by Crippen LogP contribution is -2.22. The van der Waals surface area contributed by atoms with Gasteiger partial charge in [-0.3, -0.25) is 0 Å². The molecule has 0 bridgehead atoms. The average molecular weight is 225 g/mol. The van der Waals surface area contributed by atoms with Crippen molar-refractivity contribution >= 4 is 0 Å². The van der Waals surface area contributed by atoms with Crippen LogP contribution in [-0.4, -0.2) is 13.1 Å². The molecule has 16 heavy (non-hydrogen) atoms. The molecule has 1 N–H and O–H groups in total. The van der Waals surface area contributed by atoms with Crippen molar-refractivity contribution in [1.82, 2.24) is 5.32 Å². The highest BCUT2D eigenvalue weighted by Gasteiger charge is 2.26. The molecule has 0 radical (unpaired) electrons. The highest BCUT2D eigenvalue weighted by atomic mass is 14.8. The van der Waals surface area contributed by atoms with Gasteiger partial charge in [0.1, 0.15) is 0 Å². The van der Waals surface area contributed by atoms with Crippen LogP contribution in [0, 0.1) is 17.8 Å².